The van der Waals surface area contributed by atoms with Crippen molar-refractivity contribution in [3.8, 4) is 0 Å². The lowest BCUT2D eigenvalue weighted by Gasteiger charge is -2.07. The molecule has 0 unspecified atom stereocenters. The predicted octanol–water partition coefficient (Wildman–Crippen LogP) is 1.53. The molecule has 0 aliphatic heterocycles. The lowest BCUT2D eigenvalue weighted by Crippen LogP contribution is -2.12. The van der Waals surface area contributed by atoms with E-state index in [0.717, 1.165) is 32.0 Å². The van der Waals surface area contributed by atoms with Crippen molar-refractivity contribution in [3.63, 3.8) is 0 Å². The van der Waals surface area contributed by atoms with Crippen LogP contribution in [0.2, 0.25) is 0 Å². The van der Waals surface area contributed by atoms with Crippen molar-refractivity contribution < 1.29 is 10.0 Å². The maximum Gasteiger partial charge on any atom is 0.177 e. The van der Waals surface area contributed by atoms with E-state index in [1.165, 1.54) is 6.42 Å². The summed E-state index contributed by atoms with van der Waals surface area (Å²) in [6, 6.07) is 0. The summed E-state index contributed by atoms with van der Waals surface area (Å²) in [5.41, 5.74) is 0. The van der Waals surface area contributed by atoms with E-state index in [-0.39, 0.29) is 5.78 Å². The molecule has 0 saturated carbocycles. The molecule has 0 atom stereocenters. The fraction of sp³-hybridized carbons (Fsp3) is 0.800. The molecule has 82 valence electrons. The van der Waals surface area contributed by atoms with Gasteiger partial charge in [-0.2, -0.15) is 0 Å². The van der Waals surface area contributed by atoms with Crippen molar-refractivity contribution in [1.82, 2.24) is 4.90 Å². The number of ketones is 1. The molecule has 0 aromatic heterocycles. The summed E-state index contributed by atoms with van der Waals surface area (Å²) < 4.78 is 0. The van der Waals surface area contributed by atoms with Crippen LogP contribution >= 0.6 is 0 Å². The molecule has 0 fully saturated rings. The van der Waals surface area contributed by atoms with Gasteiger partial charge in [0.1, 0.15) is 6.21 Å². The van der Waals surface area contributed by atoms with E-state index in [9.17, 15) is 4.79 Å². The van der Waals surface area contributed by atoms with Gasteiger partial charge in [0, 0.05) is 6.42 Å². The molecule has 4 nitrogen and oxygen atoms in total. The highest BCUT2D eigenvalue weighted by Gasteiger charge is 1.97. The first kappa shape index (κ1) is 13.1. The predicted molar refractivity (Wildman–Crippen MR) is 56.9 cm³/mol. The maximum absolute atomic E-state index is 10.9. The highest BCUT2D eigenvalue weighted by Crippen LogP contribution is 2.03. The number of hydrogen-bond donors (Lipinski definition) is 1. The third-order valence-electron chi connectivity index (χ3n) is 1.98. The van der Waals surface area contributed by atoms with E-state index in [0.29, 0.717) is 6.42 Å². The zero-order valence-corrected chi connectivity index (χ0v) is 9.07. The van der Waals surface area contributed by atoms with E-state index >= 15 is 0 Å². The Hall–Kier alpha value is -0.900. The van der Waals surface area contributed by atoms with Gasteiger partial charge in [0.2, 0.25) is 0 Å². The molecule has 0 radical (unpaired) electrons. The quantitative estimate of drug-likeness (QED) is 0.280. The summed E-state index contributed by atoms with van der Waals surface area (Å²) in [7, 11) is 4.11. The second kappa shape index (κ2) is 8.69. The molecular weight excluding hydrogens is 180 g/mol. The van der Waals surface area contributed by atoms with Crippen LogP contribution in [0.25, 0.3) is 0 Å². The van der Waals surface area contributed by atoms with Gasteiger partial charge in [0.25, 0.3) is 0 Å². The molecule has 4 heteroatoms. The van der Waals surface area contributed by atoms with Crippen LogP contribution in [0.5, 0.6) is 0 Å². The summed E-state index contributed by atoms with van der Waals surface area (Å²) in [5.74, 6) is -0.0971. The minimum Gasteiger partial charge on any atom is -0.411 e. The summed E-state index contributed by atoms with van der Waals surface area (Å²) >= 11 is 0. The first-order chi connectivity index (χ1) is 6.66. The lowest BCUT2D eigenvalue weighted by molar-refractivity contribution is -0.112. The molecule has 0 saturated heterocycles. The minimum atomic E-state index is -0.0971. The van der Waals surface area contributed by atoms with E-state index in [1.807, 2.05) is 0 Å². The molecule has 0 heterocycles. The van der Waals surface area contributed by atoms with Gasteiger partial charge < -0.3 is 10.1 Å². The Labute approximate surface area is 85.6 Å². The number of nitrogens with zero attached hydrogens (tertiary/aromatic N) is 2. The monoisotopic (exact) mass is 200 g/mol. The normalized spacial score (nSPS) is 11.4. The Bertz CT molecular complexity index is 179. The Morgan fingerprint density at radius 3 is 2.50 bits per heavy atom. The smallest absolute Gasteiger partial charge is 0.177 e. The summed E-state index contributed by atoms with van der Waals surface area (Å²) in [6.07, 6.45) is 5.75. The average molecular weight is 200 g/mol. The topological polar surface area (TPSA) is 52.9 Å². The van der Waals surface area contributed by atoms with Gasteiger partial charge in [0.05, 0.1) is 0 Å². The van der Waals surface area contributed by atoms with Gasteiger partial charge >= 0.3 is 0 Å². The SMILES string of the molecule is CN(C)CCCCCCC(=O)/C=N/O. The van der Waals surface area contributed by atoms with Crippen molar-refractivity contribution in [2.75, 3.05) is 20.6 Å². The Balaban J connectivity index is 3.17. The number of oxime groups is 1. The first-order valence-corrected chi connectivity index (χ1v) is 5.02. The van der Waals surface area contributed by atoms with Crippen LogP contribution in [0, 0.1) is 0 Å². The molecule has 0 bridgehead atoms. The average Bonchev–Trinajstić information content (AvgIpc) is 2.11. The summed E-state index contributed by atoms with van der Waals surface area (Å²) in [5, 5.41) is 10.8. The zero-order valence-electron chi connectivity index (χ0n) is 9.07. The van der Waals surface area contributed by atoms with Crippen LogP contribution in [0.1, 0.15) is 32.1 Å². The van der Waals surface area contributed by atoms with Crippen LogP contribution in [0.4, 0.5) is 0 Å². The third kappa shape index (κ3) is 9.19. The Morgan fingerprint density at radius 1 is 1.29 bits per heavy atom. The fourth-order valence-electron chi connectivity index (χ4n) is 1.21. The van der Waals surface area contributed by atoms with Gasteiger partial charge in [0.15, 0.2) is 5.78 Å². The summed E-state index contributed by atoms with van der Waals surface area (Å²) in [6.45, 7) is 1.10. The molecular formula is C10H20N2O2. The fourth-order valence-corrected chi connectivity index (χ4v) is 1.21. The number of Topliss-reactive ketones (excluding diaryl/α,β-unsaturated/α-hetero) is 1. The van der Waals surface area contributed by atoms with E-state index < -0.39 is 0 Å². The van der Waals surface area contributed by atoms with Crippen LogP contribution in [-0.4, -0.2) is 42.7 Å². The molecule has 0 aromatic carbocycles. The highest BCUT2D eigenvalue weighted by molar-refractivity contribution is 6.27. The summed E-state index contributed by atoms with van der Waals surface area (Å²) in [4.78, 5) is 13.0. The Kier molecular flexibility index (Phi) is 8.13. The largest absolute Gasteiger partial charge is 0.411 e. The third-order valence-corrected chi connectivity index (χ3v) is 1.98. The second-order valence-electron chi connectivity index (χ2n) is 3.68. The maximum atomic E-state index is 10.9. The van der Waals surface area contributed by atoms with Gasteiger partial charge in [-0.05, 0) is 33.5 Å². The van der Waals surface area contributed by atoms with Gasteiger partial charge in [-0.15, -0.1) is 0 Å². The van der Waals surface area contributed by atoms with Crippen molar-refractivity contribution in [2.45, 2.75) is 32.1 Å². The van der Waals surface area contributed by atoms with Gasteiger partial charge in [-0.1, -0.05) is 18.0 Å². The van der Waals surface area contributed by atoms with E-state index in [1.54, 1.807) is 0 Å². The van der Waals surface area contributed by atoms with Gasteiger partial charge in [-0.25, -0.2) is 0 Å². The minimum absolute atomic E-state index is 0.0971. The number of rotatable bonds is 8. The molecule has 0 aliphatic rings. The van der Waals surface area contributed by atoms with Crippen LogP contribution in [-0.2, 0) is 4.79 Å². The lowest BCUT2D eigenvalue weighted by atomic mass is 10.1. The van der Waals surface area contributed by atoms with Crippen LogP contribution in [0.3, 0.4) is 0 Å². The number of carbonyl (C=O) groups excluding carboxylic acids is 1. The van der Waals surface area contributed by atoms with Gasteiger partial charge in [-0.3, -0.25) is 4.79 Å². The molecule has 0 aromatic rings. The number of hydrogen-bond acceptors (Lipinski definition) is 4. The second-order valence-corrected chi connectivity index (χ2v) is 3.68. The van der Waals surface area contributed by atoms with Crippen molar-refractivity contribution in [3.05, 3.63) is 0 Å². The van der Waals surface area contributed by atoms with Crippen LogP contribution in [0.15, 0.2) is 5.16 Å². The van der Waals surface area contributed by atoms with Crippen molar-refractivity contribution >= 4 is 12.0 Å². The standard InChI is InChI=1S/C10H20N2O2/c1-12(2)8-6-4-3-5-7-10(13)9-11-14/h9,14H,3-8H2,1-2H3/b11-9+. The molecule has 0 amide bonds. The molecule has 0 rings (SSSR count). The highest BCUT2D eigenvalue weighted by atomic mass is 16.4. The van der Waals surface area contributed by atoms with Crippen LogP contribution < -0.4 is 0 Å². The number of unbranched alkanes of at least 4 members (excludes halogenated alkanes) is 3. The zero-order chi connectivity index (χ0) is 10.8. The van der Waals surface area contributed by atoms with E-state index in [2.05, 4.69) is 24.2 Å². The van der Waals surface area contributed by atoms with Crippen molar-refractivity contribution in [1.29, 1.82) is 0 Å². The molecule has 0 spiro atoms. The Morgan fingerprint density at radius 2 is 1.93 bits per heavy atom. The first-order valence-electron chi connectivity index (χ1n) is 5.02. The molecule has 1 N–H and O–H groups in total. The van der Waals surface area contributed by atoms with E-state index in [4.69, 9.17) is 5.21 Å². The van der Waals surface area contributed by atoms with Crippen molar-refractivity contribution in [2.24, 2.45) is 5.16 Å². The number of carbonyl (C=O) groups is 1. The molecule has 0 aliphatic carbocycles. The molecule has 14 heavy (non-hydrogen) atoms.